The van der Waals surface area contributed by atoms with Gasteiger partial charge in [-0.2, -0.15) is 0 Å². The zero-order valence-corrected chi connectivity index (χ0v) is 25.2. The summed E-state index contributed by atoms with van der Waals surface area (Å²) in [5, 5.41) is 13.3. The lowest BCUT2D eigenvalue weighted by atomic mass is 9.76. The van der Waals surface area contributed by atoms with Gasteiger partial charge in [-0.05, 0) is 117 Å². The molecule has 0 radical (unpaired) electrons. The van der Waals surface area contributed by atoms with E-state index in [0.717, 1.165) is 53.3 Å². The van der Waals surface area contributed by atoms with E-state index >= 15 is 0 Å². The van der Waals surface area contributed by atoms with Crippen LogP contribution in [-0.2, 0) is 16.4 Å². The van der Waals surface area contributed by atoms with Crippen molar-refractivity contribution in [3.63, 3.8) is 0 Å². The van der Waals surface area contributed by atoms with E-state index in [9.17, 15) is 18.3 Å². The number of carboxylic acid groups (broad SMARTS) is 1. The van der Waals surface area contributed by atoms with Crippen molar-refractivity contribution in [1.82, 2.24) is 10.3 Å². The van der Waals surface area contributed by atoms with Crippen LogP contribution in [0.25, 0.3) is 11.3 Å². The van der Waals surface area contributed by atoms with Crippen LogP contribution in [0.5, 0.6) is 0 Å². The maximum atomic E-state index is 13.3. The topological polar surface area (TPSA) is 108 Å². The Bertz CT molecular complexity index is 1520. The standard InChI is InChI=1S/C33H41N3O4S/c1-21(2)15-26(34-27-19-33(20-27)13-14-33)12-11-24-16-29(31-22(3)7-5-8-23(31)4)35-30(17-24)36-41(39,40)28-10-6-9-25(18-28)32(37)38/h5-10,16-18,21,26-27,34H,11-15,19-20H2,1-4H3,(H,35,36)(H,37,38). The first-order valence-corrected chi connectivity index (χ1v) is 16.1. The van der Waals surface area contributed by atoms with Gasteiger partial charge in [-0.3, -0.25) is 4.72 Å². The number of anilines is 1. The van der Waals surface area contributed by atoms with Crippen LogP contribution in [-0.4, -0.2) is 36.6 Å². The molecule has 8 heteroatoms. The highest BCUT2D eigenvalue weighted by molar-refractivity contribution is 7.92. The number of aromatic nitrogens is 1. The molecular formula is C33H41N3O4S. The van der Waals surface area contributed by atoms with Crippen LogP contribution in [0.15, 0.2) is 59.5 Å². The van der Waals surface area contributed by atoms with Crippen LogP contribution in [0.4, 0.5) is 5.82 Å². The number of nitrogens with one attached hydrogen (secondary N) is 2. The van der Waals surface area contributed by atoms with E-state index in [4.69, 9.17) is 4.98 Å². The van der Waals surface area contributed by atoms with Gasteiger partial charge >= 0.3 is 5.97 Å². The summed E-state index contributed by atoms with van der Waals surface area (Å²) >= 11 is 0. The molecule has 3 N–H and O–H groups in total. The predicted octanol–water partition coefficient (Wildman–Crippen LogP) is 6.74. The number of aromatic carboxylic acids is 1. The monoisotopic (exact) mass is 575 g/mol. The van der Waals surface area contributed by atoms with E-state index in [0.29, 0.717) is 23.4 Å². The van der Waals surface area contributed by atoms with Crippen molar-refractivity contribution in [1.29, 1.82) is 0 Å². The summed E-state index contributed by atoms with van der Waals surface area (Å²) in [6.45, 7) is 8.59. The highest BCUT2D eigenvalue weighted by Crippen LogP contribution is 2.60. The molecule has 41 heavy (non-hydrogen) atoms. The number of hydrogen-bond acceptors (Lipinski definition) is 5. The first-order valence-electron chi connectivity index (χ1n) is 14.6. The molecule has 0 saturated heterocycles. The summed E-state index contributed by atoms with van der Waals surface area (Å²) in [6, 6.07) is 16.3. The molecule has 1 spiro atoms. The molecule has 5 rings (SSSR count). The lowest BCUT2D eigenvalue weighted by molar-refractivity contribution is 0.0696. The summed E-state index contributed by atoms with van der Waals surface area (Å²) in [5.74, 6) is -0.379. The fourth-order valence-electron chi connectivity index (χ4n) is 6.32. The Hall–Kier alpha value is -3.23. The summed E-state index contributed by atoms with van der Waals surface area (Å²) in [4.78, 5) is 16.1. The van der Waals surface area contributed by atoms with Crippen LogP contribution < -0.4 is 10.0 Å². The molecule has 2 aliphatic rings. The fraction of sp³-hybridized carbons (Fsp3) is 0.455. The third-order valence-electron chi connectivity index (χ3n) is 8.58. The maximum absolute atomic E-state index is 13.3. The number of pyridine rings is 1. The van der Waals surface area contributed by atoms with Gasteiger partial charge < -0.3 is 10.4 Å². The molecule has 0 bridgehead atoms. The van der Waals surface area contributed by atoms with E-state index in [1.807, 2.05) is 38.1 Å². The van der Waals surface area contributed by atoms with Crippen LogP contribution >= 0.6 is 0 Å². The van der Waals surface area contributed by atoms with Gasteiger partial charge in [0.15, 0.2) is 0 Å². The van der Waals surface area contributed by atoms with Crippen molar-refractivity contribution in [2.24, 2.45) is 11.3 Å². The highest BCUT2D eigenvalue weighted by atomic mass is 32.2. The Morgan fingerprint density at radius 1 is 1.05 bits per heavy atom. The molecule has 218 valence electrons. The third-order valence-corrected chi connectivity index (χ3v) is 9.93. The molecule has 2 fully saturated rings. The molecule has 1 unspecified atom stereocenters. The van der Waals surface area contributed by atoms with Gasteiger partial charge in [0.25, 0.3) is 10.0 Å². The molecule has 2 aromatic carbocycles. The first-order chi connectivity index (χ1) is 19.4. The SMILES string of the molecule is Cc1cccc(C)c1-c1cc(CCC(CC(C)C)NC2CC3(CC3)C2)cc(NS(=O)(=O)c2cccc(C(=O)O)c2)n1. The van der Waals surface area contributed by atoms with Crippen LogP contribution in [0.2, 0.25) is 0 Å². The molecule has 7 nitrogen and oxygen atoms in total. The molecular weight excluding hydrogens is 534 g/mol. The summed E-state index contributed by atoms with van der Waals surface area (Å²) < 4.78 is 29.3. The summed E-state index contributed by atoms with van der Waals surface area (Å²) in [7, 11) is -4.06. The van der Waals surface area contributed by atoms with Crippen molar-refractivity contribution < 1.29 is 18.3 Å². The minimum Gasteiger partial charge on any atom is -0.478 e. The van der Waals surface area contributed by atoms with Crippen molar-refractivity contribution in [3.8, 4) is 11.3 Å². The lowest BCUT2D eigenvalue weighted by Crippen LogP contribution is -2.47. The molecule has 3 aromatic rings. The number of benzene rings is 2. The second-order valence-corrected chi connectivity index (χ2v) is 14.3. The number of sulfonamides is 1. The Kier molecular flexibility index (Phi) is 8.26. The van der Waals surface area contributed by atoms with E-state index in [2.05, 4.69) is 30.0 Å². The molecule has 0 aliphatic heterocycles. The van der Waals surface area contributed by atoms with Gasteiger partial charge in [0, 0.05) is 17.6 Å². The molecule has 1 atom stereocenters. The average molecular weight is 576 g/mol. The zero-order valence-electron chi connectivity index (χ0n) is 24.4. The van der Waals surface area contributed by atoms with Gasteiger partial charge in [-0.15, -0.1) is 0 Å². The van der Waals surface area contributed by atoms with E-state index in [1.165, 1.54) is 43.9 Å². The van der Waals surface area contributed by atoms with Crippen LogP contribution in [0.3, 0.4) is 0 Å². The Balaban J connectivity index is 1.42. The quantitative estimate of drug-likeness (QED) is 0.221. The third kappa shape index (κ3) is 6.99. The number of nitrogens with zero attached hydrogens (tertiary/aromatic N) is 1. The van der Waals surface area contributed by atoms with Crippen LogP contribution in [0.1, 0.15) is 79.4 Å². The smallest absolute Gasteiger partial charge is 0.335 e. The second-order valence-electron chi connectivity index (χ2n) is 12.6. The summed E-state index contributed by atoms with van der Waals surface area (Å²) in [6.07, 6.45) is 8.19. The fourth-order valence-corrected chi connectivity index (χ4v) is 7.36. The minimum atomic E-state index is -4.06. The number of aryl methyl sites for hydroxylation is 3. The highest BCUT2D eigenvalue weighted by Gasteiger charge is 2.52. The average Bonchev–Trinajstić information content (AvgIpc) is 3.67. The number of carboxylic acids is 1. The number of carbonyl (C=O) groups is 1. The second kappa shape index (κ2) is 11.6. The lowest BCUT2D eigenvalue weighted by Gasteiger charge is -2.39. The molecule has 0 amide bonds. The normalized spacial score (nSPS) is 16.9. The molecule has 1 aromatic heterocycles. The van der Waals surface area contributed by atoms with Gasteiger partial charge in [0.1, 0.15) is 5.82 Å². The summed E-state index contributed by atoms with van der Waals surface area (Å²) in [5.41, 5.74) is 5.42. The molecule has 2 aliphatic carbocycles. The zero-order chi connectivity index (χ0) is 29.4. The van der Waals surface area contributed by atoms with E-state index in [1.54, 1.807) is 0 Å². The largest absolute Gasteiger partial charge is 0.478 e. The van der Waals surface area contributed by atoms with Gasteiger partial charge in [-0.25, -0.2) is 18.2 Å². The predicted molar refractivity (Wildman–Crippen MR) is 163 cm³/mol. The van der Waals surface area contributed by atoms with E-state index in [-0.39, 0.29) is 16.3 Å². The van der Waals surface area contributed by atoms with E-state index < -0.39 is 16.0 Å². The van der Waals surface area contributed by atoms with Gasteiger partial charge in [0.05, 0.1) is 16.2 Å². The first kappa shape index (κ1) is 29.3. The Labute approximate surface area is 243 Å². The van der Waals surface area contributed by atoms with Crippen molar-refractivity contribution >= 4 is 21.8 Å². The van der Waals surface area contributed by atoms with Gasteiger partial charge in [0.2, 0.25) is 0 Å². The molecule has 2 saturated carbocycles. The van der Waals surface area contributed by atoms with Crippen molar-refractivity contribution in [2.45, 2.75) is 89.6 Å². The Morgan fingerprint density at radius 2 is 1.73 bits per heavy atom. The number of rotatable bonds is 12. The number of hydrogen-bond donors (Lipinski definition) is 3. The van der Waals surface area contributed by atoms with Crippen molar-refractivity contribution in [3.05, 3.63) is 76.9 Å². The minimum absolute atomic E-state index is 0.0893. The molecule has 1 heterocycles. The Morgan fingerprint density at radius 3 is 2.37 bits per heavy atom. The van der Waals surface area contributed by atoms with Crippen LogP contribution in [0, 0.1) is 25.2 Å². The maximum Gasteiger partial charge on any atom is 0.335 e. The van der Waals surface area contributed by atoms with Gasteiger partial charge in [-0.1, -0.05) is 38.1 Å². The van der Waals surface area contributed by atoms with Crippen molar-refractivity contribution in [2.75, 3.05) is 4.72 Å².